The Morgan fingerprint density at radius 3 is 2.83 bits per heavy atom. The molecule has 1 atom stereocenters. The quantitative estimate of drug-likeness (QED) is 0.837. The molecule has 2 aromatic rings. The van der Waals surface area contributed by atoms with Crippen molar-refractivity contribution in [1.82, 2.24) is 9.78 Å². The van der Waals surface area contributed by atoms with E-state index in [1.54, 1.807) is 19.2 Å². The van der Waals surface area contributed by atoms with Gasteiger partial charge in [0.2, 0.25) is 0 Å². The summed E-state index contributed by atoms with van der Waals surface area (Å²) in [5, 5.41) is 16.2. The van der Waals surface area contributed by atoms with Gasteiger partial charge in [-0.05, 0) is 19.1 Å². The second kappa shape index (κ2) is 7.26. The first kappa shape index (κ1) is 17.0. The number of carboxylic acid groups (broad SMARTS) is 1. The summed E-state index contributed by atoms with van der Waals surface area (Å²) >= 11 is 6.10. The molecule has 0 radical (unpaired) electrons. The van der Waals surface area contributed by atoms with Crippen LogP contribution in [0.15, 0.2) is 35.3 Å². The average Bonchev–Trinajstić information content (AvgIpc) is 2.52. The van der Waals surface area contributed by atoms with Gasteiger partial charge in [-0.25, -0.2) is 4.79 Å². The van der Waals surface area contributed by atoms with Crippen LogP contribution in [0.4, 0.5) is 5.69 Å². The number of para-hydroxylation sites is 1. The van der Waals surface area contributed by atoms with E-state index >= 15 is 0 Å². The van der Waals surface area contributed by atoms with Crippen LogP contribution in [0.2, 0.25) is 5.02 Å². The molecule has 1 aromatic carbocycles. The van der Waals surface area contributed by atoms with Crippen LogP contribution in [-0.2, 0) is 4.74 Å². The number of anilines is 1. The lowest BCUT2D eigenvalue weighted by Gasteiger charge is -2.16. The number of carboxylic acids is 1. The summed E-state index contributed by atoms with van der Waals surface area (Å²) in [6, 6.07) is 6.01. The molecule has 0 fully saturated rings. The molecule has 1 heterocycles. The van der Waals surface area contributed by atoms with E-state index in [0.29, 0.717) is 12.3 Å². The van der Waals surface area contributed by atoms with Crippen LogP contribution in [0.1, 0.15) is 17.3 Å². The zero-order chi connectivity index (χ0) is 17.0. The molecule has 7 nitrogen and oxygen atoms in total. The molecular formula is C15H16ClN3O4. The van der Waals surface area contributed by atoms with E-state index in [4.69, 9.17) is 16.3 Å². The number of benzene rings is 1. The number of rotatable bonds is 6. The summed E-state index contributed by atoms with van der Waals surface area (Å²) in [6.07, 6.45) is 1.38. The fourth-order valence-corrected chi connectivity index (χ4v) is 2.28. The number of hydrogen-bond acceptors (Lipinski definition) is 5. The third-order valence-corrected chi connectivity index (χ3v) is 3.47. The normalized spacial score (nSPS) is 12.0. The second-order valence-corrected chi connectivity index (χ2v) is 5.29. The van der Waals surface area contributed by atoms with Crippen molar-refractivity contribution in [3.8, 4) is 5.69 Å². The van der Waals surface area contributed by atoms with Crippen molar-refractivity contribution in [3.05, 3.63) is 51.4 Å². The standard InChI is InChI=1S/C15H16ClN3O4/c1-9(8-23-2)18-11-7-17-19(14(20)13(11)16)12-6-4-3-5-10(12)15(21)22/h3-7,9,18H,8H2,1-2H3,(H,21,22)/t9-/m1/s1. The number of ether oxygens (including phenoxy) is 1. The molecule has 0 amide bonds. The van der Waals surface area contributed by atoms with Crippen molar-refractivity contribution in [2.75, 3.05) is 19.0 Å². The van der Waals surface area contributed by atoms with Gasteiger partial charge < -0.3 is 15.2 Å². The molecule has 0 aliphatic heterocycles. The Balaban J connectivity index is 2.46. The summed E-state index contributed by atoms with van der Waals surface area (Å²) in [4.78, 5) is 23.7. The molecule has 122 valence electrons. The van der Waals surface area contributed by atoms with E-state index in [0.717, 1.165) is 4.68 Å². The molecule has 0 bridgehead atoms. The van der Waals surface area contributed by atoms with Gasteiger partial charge in [-0.2, -0.15) is 9.78 Å². The summed E-state index contributed by atoms with van der Waals surface area (Å²) in [7, 11) is 1.57. The van der Waals surface area contributed by atoms with Crippen LogP contribution in [0.3, 0.4) is 0 Å². The number of hydrogen-bond donors (Lipinski definition) is 2. The van der Waals surface area contributed by atoms with Gasteiger partial charge in [0.25, 0.3) is 5.56 Å². The van der Waals surface area contributed by atoms with Crippen LogP contribution in [0, 0.1) is 0 Å². The number of carbonyl (C=O) groups is 1. The van der Waals surface area contributed by atoms with Gasteiger partial charge in [0.1, 0.15) is 5.02 Å². The average molecular weight is 338 g/mol. The van der Waals surface area contributed by atoms with Crippen LogP contribution in [0.5, 0.6) is 0 Å². The van der Waals surface area contributed by atoms with Crippen LogP contribution < -0.4 is 10.9 Å². The first-order chi connectivity index (χ1) is 11.0. The number of methoxy groups -OCH3 is 1. The van der Waals surface area contributed by atoms with Crippen molar-refractivity contribution in [2.24, 2.45) is 0 Å². The topological polar surface area (TPSA) is 93.4 Å². The molecule has 0 aliphatic rings. The number of halogens is 1. The summed E-state index contributed by atoms with van der Waals surface area (Å²) in [5.74, 6) is -1.15. The van der Waals surface area contributed by atoms with E-state index < -0.39 is 11.5 Å². The monoisotopic (exact) mass is 337 g/mol. The molecule has 0 aliphatic carbocycles. The number of nitrogens with one attached hydrogen (secondary N) is 1. The van der Waals surface area contributed by atoms with Gasteiger partial charge in [0, 0.05) is 13.2 Å². The minimum Gasteiger partial charge on any atom is -0.478 e. The smallest absolute Gasteiger partial charge is 0.337 e. The van der Waals surface area contributed by atoms with Crippen LogP contribution in [0.25, 0.3) is 5.69 Å². The summed E-state index contributed by atoms with van der Waals surface area (Å²) < 4.78 is 5.98. The van der Waals surface area contributed by atoms with Gasteiger partial charge in [-0.15, -0.1) is 0 Å². The molecule has 0 spiro atoms. The third kappa shape index (κ3) is 3.69. The largest absolute Gasteiger partial charge is 0.478 e. The zero-order valence-electron chi connectivity index (χ0n) is 12.6. The lowest BCUT2D eigenvalue weighted by molar-refractivity contribution is 0.0696. The second-order valence-electron chi connectivity index (χ2n) is 4.91. The van der Waals surface area contributed by atoms with Gasteiger partial charge >= 0.3 is 5.97 Å². The minimum atomic E-state index is -1.15. The lowest BCUT2D eigenvalue weighted by atomic mass is 10.2. The molecular weight excluding hydrogens is 322 g/mol. The summed E-state index contributed by atoms with van der Waals surface area (Å²) in [5.41, 5.74) is -0.115. The summed E-state index contributed by atoms with van der Waals surface area (Å²) in [6.45, 7) is 2.30. The Bertz CT molecular complexity index is 776. The Kier molecular flexibility index (Phi) is 5.36. The Morgan fingerprint density at radius 2 is 2.17 bits per heavy atom. The van der Waals surface area contributed by atoms with Crippen molar-refractivity contribution in [1.29, 1.82) is 0 Å². The Morgan fingerprint density at radius 1 is 1.48 bits per heavy atom. The fraction of sp³-hybridized carbons (Fsp3) is 0.267. The van der Waals surface area contributed by atoms with Crippen molar-refractivity contribution in [3.63, 3.8) is 0 Å². The van der Waals surface area contributed by atoms with Crippen molar-refractivity contribution < 1.29 is 14.6 Å². The van der Waals surface area contributed by atoms with E-state index in [1.165, 1.54) is 18.3 Å². The minimum absolute atomic E-state index is 0.0355. The van der Waals surface area contributed by atoms with Gasteiger partial charge in [0.15, 0.2) is 0 Å². The van der Waals surface area contributed by atoms with Crippen LogP contribution in [-0.4, -0.2) is 40.6 Å². The molecule has 0 saturated carbocycles. The van der Waals surface area contributed by atoms with Gasteiger partial charge in [0.05, 0.1) is 29.7 Å². The van der Waals surface area contributed by atoms with E-state index in [9.17, 15) is 14.7 Å². The van der Waals surface area contributed by atoms with E-state index in [2.05, 4.69) is 10.4 Å². The number of aromatic carboxylic acids is 1. The molecule has 0 unspecified atom stereocenters. The molecule has 2 N–H and O–H groups in total. The fourth-order valence-electron chi connectivity index (χ4n) is 2.10. The third-order valence-electron chi connectivity index (χ3n) is 3.10. The molecule has 2 rings (SSSR count). The van der Waals surface area contributed by atoms with Gasteiger partial charge in [-0.1, -0.05) is 23.7 Å². The van der Waals surface area contributed by atoms with Crippen molar-refractivity contribution >= 4 is 23.3 Å². The van der Waals surface area contributed by atoms with E-state index in [1.807, 2.05) is 6.92 Å². The predicted octanol–water partition coefficient (Wildman–Crippen LogP) is 2.03. The first-order valence-corrected chi connectivity index (χ1v) is 7.19. The molecule has 1 aromatic heterocycles. The Labute approximate surface area is 137 Å². The number of nitrogens with zero attached hydrogens (tertiary/aromatic N) is 2. The maximum Gasteiger partial charge on any atom is 0.337 e. The highest BCUT2D eigenvalue weighted by Crippen LogP contribution is 2.19. The SMILES string of the molecule is COC[C@@H](C)Nc1cnn(-c2ccccc2C(=O)O)c(=O)c1Cl. The highest BCUT2D eigenvalue weighted by atomic mass is 35.5. The zero-order valence-corrected chi connectivity index (χ0v) is 13.4. The molecule has 8 heteroatoms. The maximum absolute atomic E-state index is 12.4. The van der Waals surface area contributed by atoms with Gasteiger partial charge in [-0.3, -0.25) is 4.79 Å². The Hall–Kier alpha value is -2.38. The number of aromatic nitrogens is 2. The van der Waals surface area contributed by atoms with E-state index in [-0.39, 0.29) is 22.3 Å². The van der Waals surface area contributed by atoms with Crippen LogP contribution >= 0.6 is 11.6 Å². The van der Waals surface area contributed by atoms with Crippen molar-refractivity contribution in [2.45, 2.75) is 13.0 Å². The predicted molar refractivity (Wildman–Crippen MR) is 86.8 cm³/mol. The molecule has 23 heavy (non-hydrogen) atoms. The molecule has 0 saturated heterocycles. The highest BCUT2D eigenvalue weighted by Gasteiger charge is 2.16. The first-order valence-electron chi connectivity index (χ1n) is 6.81. The maximum atomic E-state index is 12.4. The highest BCUT2D eigenvalue weighted by molar-refractivity contribution is 6.33. The lowest BCUT2D eigenvalue weighted by Crippen LogP contribution is -2.27.